The van der Waals surface area contributed by atoms with Crippen molar-refractivity contribution < 1.29 is 0 Å². The number of hydrogen-bond acceptors (Lipinski definition) is 6. The predicted octanol–water partition coefficient (Wildman–Crippen LogP) is 18.4. The molecule has 0 fully saturated rings. The van der Waals surface area contributed by atoms with Gasteiger partial charge in [-0.2, -0.15) is 0 Å². The summed E-state index contributed by atoms with van der Waals surface area (Å²) in [6, 6.07) is 28.9. The van der Waals surface area contributed by atoms with Crippen LogP contribution in [0, 0.1) is 0 Å². The third-order valence-electron chi connectivity index (χ3n) is 10.6. The van der Waals surface area contributed by atoms with E-state index < -0.39 is 0 Å². The minimum absolute atomic E-state index is 0.656. The van der Waals surface area contributed by atoms with Crippen molar-refractivity contribution in [3.63, 3.8) is 0 Å². The van der Waals surface area contributed by atoms with E-state index in [0.717, 1.165) is 0 Å². The van der Waals surface area contributed by atoms with Gasteiger partial charge in [0, 0.05) is 57.8 Å². The first kappa shape index (κ1) is 36.6. The monoisotopic (exact) mass is 794 g/mol. The van der Waals surface area contributed by atoms with Gasteiger partial charge in [-0.05, 0) is 120 Å². The Labute approximate surface area is 334 Å². The normalized spacial score (nSPS) is 12.8. The number of aryl methyl sites for hydroxylation is 1. The van der Waals surface area contributed by atoms with Gasteiger partial charge in [-0.15, -0.1) is 68.0 Å². The molecule has 0 amide bonds. The molecule has 8 rings (SSSR count). The smallest absolute Gasteiger partial charge is 0.0455 e. The first-order valence-corrected chi connectivity index (χ1v) is 24.6. The predicted molar refractivity (Wildman–Crippen MR) is 244 cm³/mol. The van der Waals surface area contributed by atoms with Crippen LogP contribution < -0.4 is 0 Å². The molecule has 0 saturated carbocycles. The van der Waals surface area contributed by atoms with Crippen LogP contribution in [-0.2, 0) is 6.42 Å². The van der Waals surface area contributed by atoms with E-state index in [1.54, 1.807) is 9.75 Å². The van der Waals surface area contributed by atoms with Crippen molar-refractivity contribution in [2.75, 3.05) is 0 Å². The zero-order valence-corrected chi connectivity index (χ0v) is 35.8. The summed E-state index contributed by atoms with van der Waals surface area (Å²) in [4.78, 5) is 11.4. The van der Waals surface area contributed by atoms with Gasteiger partial charge in [0.05, 0.1) is 0 Å². The van der Waals surface area contributed by atoms with E-state index in [9.17, 15) is 0 Å². The van der Waals surface area contributed by atoms with Crippen molar-refractivity contribution in [1.82, 2.24) is 0 Å². The first-order chi connectivity index (χ1) is 25.5. The van der Waals surface area contributed by atoms with Crippen molar-refractivity contribution in [1.29, 1.82) is 0 Å². The lowest BCUT2D eigenvalue weighted by Gasteiger charge is -2.08. The minimum atomic E-state index is 0.656. The lowest BCUT2D eigenvalue weighted by atomic mass is 10.0. The molecule has 6 heteroatoms. The van der Waals surface area contributed by atoms with Gasteiger partial charge in [0.15, 0.2) is 0 Å². The Balaban J connectivity index is 0.922. The second-order valence-corrected chi connectivity index (χ2v) is 21.4. The Bertz CT molecular complexity index is 2280. The van der Waals surface area contributed by atoms with Crippen LogP contribution in [0.25, 0.3) is 69.6 Å². The molecular formula is C46H50S6. The van der Waals surface area contributed by atoms with Crippen LogP contribution in [-0.4, -0.2) is 0 Å². The minimum Gasteiger partial charge on any atom is -0.140 e. The van der Waals surface area contributed by atoms with Crippen molar-refractivity contribution in [3.05, 3.63) is 82.6 Å². The summed E-state index contributed by atoms with van der Waals surface area (Å²) in [5.74, 6) is 0.656. The van der Waals surface area contributed by atoms with Crippen molar-refractivity contribution in [2.24, 2.45) is 0 Å². The van der Waals surface area contributed by atoms with E-state index >= 15 is 0 Å². The highest BCUT2D eigenvalue weighted by Crippen LogP contribution is 2.46. The Morgan fingerprint density at radius 1 is 0.404 bits per heavy atom. The van der Waals surface area contributed by atoms with Crippen LogP contribution >= 0.6 is 68.0 Å². The number of benzene rings is 2. The van der Waals surface area contributed by atoms with Crippen LogP contribution in [0.2, 0.25) is 0 Å². The van der Waals surface area contributed by atoms with Gasteiger partial charge in [0.2, 0.25) is 0 Å². The van der Waals surface area contributed by atoms with Gasteiger partial charge in [0.25, 0.3) is 0 Å². The maximum absolute atomic E-state index is 2.47. The van der Waals surface area contributed by atoms with Gasteiger partial charge in [-0.25, -0.2) is 0 Å². The topological polar surface area (TPSA) is 0 Å². The SMILES string of the molecule is CCCCCCCCCc1cc2cc3cc(-c4ccc(-c5ccc(-c6cc7cc8cc(C(C)CCCCCCC)sc8cc7s6)s5)s4)sc3cc2s1. The number of hydrogen-bond donors (Lipinski definition) is 0. The standard InChI is InChI=1S/C46H50S6/c1-4-6-8-10-11-13-15-17-35-24-31-22-33-26-45(51-43(33)28-41(31)47-35)38-20-18-36(48-38)37-19-21-39(49-37)46-27-34-23-32-25-40(50-42(32)29-44(34)52-46)30(3)16-14-12-9-7-5-2/h18-30H,4-17H2,1-3H3. The zero-order chi connectivity index (χ0) is 35.4. The van der Waals surface area contributed by atoms with Gasteiger partial charge in [0.1, 0.15) is 0 Å². The van der Waals surface area contributed by atoms with Crippen LogP contribution in [0.3, 0.4) is 0 Å². The van der Waals surface area contributed by atoms with E-state index in [2.05, 4.69) is 93.6 Å². The Hall–Kier alpha value is -2.32. The molecule has 0 nitrogen and oxygen atoms in total. The Morgan fingerprint density at radius 3 is 1.46 bits per heavy atom. The molecule has 1 atom stereocenters. The summed E-state index contributed by atoms with van der Waals surface area (Å²) in [5, 5.41) is 5.60. The molecule has 0 aliphatic carbocycles. The third-order valence-corrected chi connectivity index (χ3v) is 18.0. The Morgan fingerprint density at radius 2 is 0.865 bits per heavy atom. The summed E-state index contributed by atoms with van der Waals surface area (Å²) < 4.78 is 5.70. The second-order valence-electron chi connectivity index (χ2n) is 14.7. The number of rotatable bonds is 18. The number of unbranched alkanes of at least 4 members (excludes halogenated alkanes) is 10. The fourth-order valence-corrected chi connectivity index (χ4v) is 14.4. The average Bonchev–Trinajstić information content (AvgIpc) is 3.99. The summed E-state index contributed by atoms with van der Waals surface area (Å²) in [5.41, 5.74) is 0. The summed E-state index contributed by atoms with van der Waals surface area (Å²) in [6.45, 7) is 7.02. The maximum Gasteiger partial charge on any atom is 0.0455 e. The molecule has 0 saturated heterocycles. The third kappa shape index (κ3) is 8.33. The fourth-order valence-electron chi connectivity index (χ4n) is 7.49. The van der Waals surface area contributed by atoms with Gasteiger partial charge in [-0.3, -0.25) is 0 Å². The molecule has 6 heterocycles. The van der Waals surface area contributed by atoms with Crippen LogP contribution in [0.1, 0.15) is 120 Å². The lowest BCUT2D eigenvalue weighted by molar-refractivity contribution is 0.571. The summed E-state index contributed by atoms with van der Waals surface area (Å²) >= 11 is 11.8. The van der Waals surface area contributed by atoms with Crippen LogP contribution in [0.15, 0.2) is 72.8 Å². The average molecular weight is 795 g/mol. The molecular weight excluding hydrogens is 745 g/mol. The molecule has 2 aromatic carbocycles. The molecule has 6 aromatic heterocycles. The highest BCUT2D eigenvalue weighted by molar-refractivity contribution is 7.30. The van der Waals surface area contributed by atoms with E-state index in [1.165, 1.54) is 159 Å². The van der Waals surface area contributed by atoms with Crippen LogP contribution in [0.5, 0.6) is 0 Å². The fraction of sp³-hybridized carbons (Fsp3) is 0.391. The molecule has 0 bridgehead atoms. The molecule has 1 unspecified atom stereocenters. The highest BCUT2D eigenvalue weighted by Gasteiger charge is 2.16. The Kier molecular flexibility index (Phi) is 12.0. The maximum atomic E-state index is 2.47. The molecule has 0 aliphatic rings. The first-order valence-electron chi connectivity index (χ1n) is 19.7. The van der Waals surface area contributed by atoms with E-state index in [-0.39, 0.29) is 0 Å². The quantitative estimate of drug-likeness (QED) is 0.0759. The van der Waals surface area contributed by atoms with Gasteiger partial charge in [-0.1, -0.05) is 91.4 Å². The number of thiophene rings is 6. The van der Waals surface area contributed by atoms with Gasteiger partial charge < -0.3 is 0 Å². The van der Waals surface area contributed by atoms with E-state index in [4.69, 9.17) is 0 Å². The largest absolute Gasteiger partial charge is 0.140 e. The number of fused-ring (bicyclic) bond motifs is 4. The molecule has 0 radical (unpaired) electrons. The molecule has 0 aliphatic heterocycles. The zero-order valence-electron chi connectivity index (χ0n) is 30.9. The van der Waals surface area contributed by atoms with Crippen molar-refractivity contribution in [2.45, 2.75) is 117 Å². The lowest BCUT2D eigenvalue weighted by Crippen LogP contribution is -1.90. The van der Waals surface area contributed by atoms with E-state index in [1.807, 2.05) is 68.0 Å². The van der Waals surface area contributed by atoms with Gasteiger partial charge >= 0.3 is 0 Å². The molecule has 52 heavy (non-hydrogen) atoms. The second kappa shape index (κ2) is 17.0. The van der Waals surface area contributed by atoms with Crippen LogP contribution in [0.4, 0.5) is 0 Å². The highest BCUT2D eigenvalue weighted by atomic mass is 32.1. The summed E-state index contributed by atoms with van der Waals surface area (Å²) in [7, 11) is 0. The molecule has 0 N–H and O–H groups in total. The van der Waals surface area contributed by atoms with Crippen molar-refractivity contribution >= 4 is 108 Å². The van der Waals surface area contributed by atoms with Crippen molar-refractivity contribution in [3.8, 4) is 29.3 Å². The molecule has 270 valence electrons. The molecule has 0 spiro atoms. The van der Waals surface area contributed by atoms with E-state index in [0.29, 0.717) is 5.92 Å². The molecule has 8 aromatic rings. The summed E-state index contributed by atoms with van der Waals surface area (Å²) in [6.07, 6.45) is 19.0.